The van der Waals surface area contributed by atoms with Gasteiger partial charge in [0.05, 0.1) is 20.3 Å². The number of hydrogen-bond acceptors (Lipinski definition) is 3. The lowest BCUT2D eigenvalue weighted by Gasteiger charge is -2.34. The number of nitrogens with zero attached hydrogens (tertiary/aromatic N) is 1. The summed E-state index contributed by atoms with van der Waals surface area (Å²) in [6.45, 7) is 4.13. The lowest BCUT2D eigenvalue weighted by atomic mass is 10.4. The number of halogens is 1. The second-order valence-corrected chi connectivity index (χ2v) is 4.69. The van der Waals surface area contributed by atoms with Crippen LogP contribution in [0.5, 0.6) is 0 Å². The molecule has 3 nitrogen and oxygen atoms in total. The number of epoxide rings is 1. The molecule has 0 N–H and O–H groups in total. The lowest BCUT2D eigenvalue weighted by molar-refractivity contribution is -0.779. The third kappa shape index (κ3) is 2.78. The Hall–Kier alpha value is 0.520. The fourth-order valence-corrected chi connectivity index (χ4v) is 2.22. The number of rotatable bonds is 2. The number of quaternary nitrogens is 1. The minimum absolute atomic E-state index is 0. The maximum absolute atomic E-state index is 5.27. The molecule has 5 heteroatoms. The Morgan fingerprint density at radius 1 is 1.58 bits per heavy atom. The zero-order valence-electron chi connectivity index (χ0n) is 7.16. The average molecular weight is 212 g/mol. The molecule has 0 bridgehead atoms. The molecule has 2 atom stereocenters. The van der Waals surface area contributed by atoms with E-state index < -0.39 is 0 Å². The normalized spacial score (nSPS) is 40.2. The summed E-state index contributed by atoms with van der Waals surface area (Å²) in [4.78, 5) is 0. The Morgan fingerprint density at radius 3 is 2.83 bits per heavy atom. The molecule has 0 radical (unpaired) electrons. The van der Waals surface area contributed by atoms with Crippen molar-refractivity contribution in [2.24, 2.45) is 0 Å². The van der Waals surface area contributed by atoms with Crippen molar-refractivity contribution in [3.8, 4) is 0 Å². The van der Waals surface area contributed by atoms with Crippen LogP contribution >= 0.6 is 11.9 Å². The largest absolute Gasteiger partial charge is 1.00 e. The van der Waals surface area contributed by atoms with Crippen LogP contribution in [0.25, 0.3) is 0 Å². The predicted molar refractivity (Wildman–Crippen MR) is 44.1 cm³/mol. The van der Waals surface area contributed by atoms with Crippen LogP contribution in [0.3, 0.4) is 0 Å². The summed E-state index contributed by atoms with van der Waals surface area (Å²) in [5.41, 5.74) is 0. The third-order valence-corrected chi connectivity index (χ3v) is 3.38. The summed E-state index contributed by atoms with van der Waals surface area (Å²) in [6, 6.07) is 0. The van der Waals surface area contributed by atoms with Gasteiger partial charge in [-0.2, -0.15) is 0 Å². The molecule has 12 heavy (non-hydrogen) atoms. The fraction of sp³-hybridized carbons (Fsp3) is 1.00. The first-order chi connectivity index (χ1) is 5.29. The van der Waals surface area contributed by atoms with Crippen LogP contribution in [-0.4, -0.2) is 49.3 Å². The summed E-state index contributed by atoms with van der Waals surface area (Å²) in [7, 11) is 2.26. The van der Waals surface area contributed by atoms with Gasteiger partial charge in [0.1, 0.15) is 37.1 Å². The van der Waals surface area contributed by atoms with E-state index in [4.69, 9.17) is 9.47 Å². The maximum atomic E-state index is 5.27. The van der Waals surface area contributed by atoms with Gasteiger partial charge in [-0.05, 0) is 0 Å². The fourth-order valence-electron chi connectivity index (χ4n) is 1.29. The SMILES string of the molecule is C[N+]1(CC2CO2)CCOCS1.[Cl-]. The van der Waals surface area contributed by atoms with Gasteiger partial charge in [0, 0.05) is 0 Å². The minimum atomic E-state index is 0. The van der Waals surface area contributed by atoms with Crippen molar-refractivity contribution in [2.75, 3.05) is 39.3 Å². The Bertz CT molecular complexity index is 148. The predicted octanol–water partition coefficient (Wildman–Crippen LogP) is -2.53. The molecular formula is C7H14ClNO2S. The first-order valence-electron chi connectivity index (χ1n) is 3.97. The molecule has 0 aromatic carbocycles. The van der Waals surface area contributed by atoms with E-state index in [0.29, 0.717) is 6.10 Å². The molecule has 2 saturated heterocycles. The van der Waals surface area contributed by atoms with Crippen LogP contribution in [0.1, 0.15) is 0 Å². The average Bonchev–Trinajstić information content (AvgIpc) is 2.72. The second kappa shape index (κ2) is 4.15. The highest BCUT2D eigenvalue weighted by molar-refractivity contribution is 7.93. The van der Waals surface area contributed by atoms with Crippen LogP contribution in [0.4, 0.5) is 0 Å². The van der Waals surface area contributed by atoms with Gasteiger partial charge in [0.25, 0.3) is 0 Å². The molecule has 0 aromatic rings. The summed E-state index contributed by atoms with van der Waals surface area (Å²) in [6.07, 6.45) is 0.533. The van der Waals surface area contributed by atoms with Crippen molar-refractivity contribution in [3.05, 3.63) is 0 Å². The quantitative estimate of drug-likeness (QED) is 0.286. The maximum Gasteiger partial charge on any atom is 0.147 e. The lowest BCUT2D eigenvalue weighted by Crippen LogP contribution is -3.00. The highest BCUT2D eigenvalue weighted by Gasteiger charge is 2.36. The number of ether oxygens (including phenoxy) is 2. The molecule has 2 fully saturated rings. The smallest absolute Gasteiger partial charge is 0.147 e. The highest BCUT2D eigenvalue weighted by Crippen LogP contribution is 2.27. The van der Waals surface area contributed by atoms with Crippen molar-refractivity contribution < 1.29 is 25.8 Å². The minimum Gasteiger partial charge on any atom is -1.00 e. The van der Waals surface area contributed by atoms with E-state index in [1.807, 2.05) is 11.9 Å². The molecule has 72 valence electrons. The Balaban J connectivity index is 0.000000720. The van der Waals surface area contributed by atoms with E-state index in [1.54, 1.807) is 0 Å². The van der Waals surface area contributed by atoms with Crippen LogP contribution in [0.15, 0.2) is 0 Å². The monoisotopic (exact) mass is 211 g/mol. The molecule has 2 unspecified atom stereocenters. The van der Waals surface area contributed by atoms with Crippen molar-refractivity contribution >= 4 is 11.9 Å². The summed E-state index contributed by atoms with van der Waals surface area (Å²) >= 11 is 1.87. The molecule has 0 aromatic heterocycles. The zero-order chi connectivity index (χ0) is 7.73. The van der Waals surface area contributed by atoms with Gasteiger partial charge in [0.2, 0.25) is 0 Å². The first kappa shape index (κ1) is 10.6. The van der Waals surface area contributed by atoms with Gasteiger partial charge in [-0.25, -0.2) is 0 Å². The second-order valence-electron chi connectivity index (χ2n) is 3.31. The topological polar surface area (TPSA) is 21.8 Å². The van der Waals surface area contributed by atoms with Crippen molar-refractivity contribution in [2.45, 2.75) is 6.10 Å². The molecule has 0 amide bonds. The number of hydrogen-bond donors (Lipinski definition) is 0. The van der Waals surface area contributed by atoms with Crippen molar-refractivity contribution in [1.29, 1.82) is 0 Å². The Morgan fingerprint density at radius 2 is 2.33 bits per heavy atom. The van der Waals surface area contributed by atoms with Gasteiger partial charge < -0.3 is 21.9 Å². The van der Waals surface area contributed by atoms with Gasteiger partial charge in [-0.3, -0.25) is 3.89 Å². The van der Waals surface area contributed by atoms with Gasteiger partial charge in [0.15, 0.2) is 0 Å². The standard InChI is InChI=1S/C7H14NO2S.ClH/c1-8(4-7-5-10-7)2-3-9-6-11-8;/h7H,2-6H2,1H3;1H/q+1;/p-1. The molecule has 0 saturated carbocycles. The van der Waals surface area contributed by atoms with Crippen molar-refractivity contribution in [1.82, 2.24) is 0 Å². The van der Waals surface area contributed by atoms with E-state index in [2.05, 4.69) is 7.05 Å². The summed E-state index contributed by atoms with van der Waals surface area (Å²) in [5.74, 6) is 0.837. The Kier molecular flexibility index (Phi) is 3.67. The molecule has 2 heterocycles. The van der Waals surface area contributed by atoms with E-state index in [1.165, 1.54) is 0 Å². The van der Waals surface area contributed by atoms with Gasteiger partial charge in [-0.15, -0.1) is 0 Å². The first-order valence-corrected chi connectivity index (χ1v) is 4.91. The zero-order valence-corrected chi connectivity index (χ0v) is 8.74. The van der Waals surface area contributed by atoms with Gasteiger partial charge >= 0.3 is 0 Å². The van der Waals surface area contributed by atoms with Crippen LogP contribution in [-0.2, 0) is 9.47 Å². The van der Waals surface area contributed by atoms with E-state index in [0.717, 1.165) is 36.1 Å². The van der Waals surface area contributed by atoms with Crippen LogP contribution < -0.4 is 12.4 Å². The van der Waals surface area contributed by atoms with Crippen LogP contribution in [0.2, 0.25) is 0 Å². The van der Waals surface area contributed by atoms with Gasteiger partial charge in [-0.1, -0.05) is 0 Å². The summed E-state index contributed by atoms with van der Waals surface area (Å²) in [5, 5.41) is 0. The van der Waals surface area contributed by atoms with Crippen molar-refractivity contribution in [3.63, 3.8) is 0 Å². The molecule has 2 aliphatic heterocycles. The summed E-state index contributed by atoms with van der Waals surface area (Å²) < 4.78 is 11.5. The van der Waals surface area contributed by atoms with Crippen LogP contribution in [0, 0.1) is 0 Å². The van der Waals surface area contributed by atoms with E-state index in [9.17, 15) is 0 Å². The Labute approximate surface area is 83.5 Å². The molecule has 2 rings (SSSR count). The third-order valence-electron chi connectivity index (χ3n) is 2.15. The number of likely N-dealkylation sites (N-methyl/N-ethyl adjacent to an activating group) is 1. The molecular weight excluding hydrogens is 198 g/mol. The highest BCUT2D eigenvalue weighted by atomic mass is 35.5. The van der Waals surface area contributed by atoms with E-state index in [-0.39, 0.29) is 12.4 Å². The molecule has 0 spiro atoms. The molecule has 2 aliphatic rings. The van der Waals surface area contributed by atoms with E-state index >= 15 is 0 Å². The molecule has 0 aliphatic carbocycles.